The van der Waals surface area contributed by atoms with Crippen LogP contribution < -0.4 is 16.6 Å². The smallest absolute Gasteiger partial charge is 0.265 e. The highest BCUT2D eigenvalue weighted by atomic mass is 16.2. The van der Waals surface area contributed by atoms with E-state index in [1.165, 1.54) is 51.4 Å². The van der Waals surface area contributed by atoms with Crippen LogP contribution in [0.15, 0.2) is 48.5 Å². The third-order valence-corrected chi connectivity index (χ3v) is 5.50. The van der Waals surface area contributed by atoms with Crippen LogP contribution >= 0.6 is 0 Å². The molecule has 0 aliphatic heterocycles. The molecule has 0 heterocycles. The Hall–Kier alpha value is -2.66. The van der Waals surface area contributed by atoms with Gasteiger partial charge >= 0.3 is 0 Å². The predicted octanol–water partition coefficient (Wildman–Crippen LogP) is 5.14. The number of primary amides is 1. The molecule has 2 aromatic rings. The summed E-state index contributed by atoms with van der Waals surface area (Å²) in [5.41, 5.74) is 14.3. The molecule has 0 aliphatic rings. The molecule has 0 fully saturated rings. The van der Waals surface area contributed by atoms with E-state index in [2.05, 4.69) is 17.8 Å². The lowest BCUT2D eigenvalue weighted by molar-refractivity contribution is 0.0932. The molecule has 0 bridgehead atoms. The number of amides is 2. The van der Waals surface area contributed by atoms with Gasteiger partial charge in [-0.1, -0.05) is 88.6 Å². The predicted molar refractivity (Wildman–Crippen MR) is 127 cm³/mol. The minimum Gasteiger partial charge on any atom is -0.366 e. The van der Waals surface area contributed by atoms with Crippen LogP contribution in [0.4, 0.5) is 0 Å². The van der Waals surface area contributed by atoms with Crippen molar-refractivity contribution < 1.29 is 9.59 Å². The number of hydrazine groups is 1. The summed E-state index contributed by atoms with van der Waals surface area (Å²) in [5, 5.41) is 0. The summed E-state index contributed by atoms with van der Waals surface area (Å²) < 4.78 is 0. The zero-order valence-electron chi connectivity index (χ0n) is 18.8. The van der Waals surface area contributed by atoms with Gasteiger partial charge in [0.25, 0.3) is 5.91 Å². The number of hydrogen-bond acceptors (Lipinski definition) is 3. The molecule has 0 aliphatic carbocycles. The summed E-state index contributed by atoms with van der Waals surface area (Å²) in [6, 6.07) is 14.8. The van der Waals surface area contributed by atoms with Crippen LogP contribution in [0.3, 0.4) is 0 Å². The molecule has 0 atom stereocenters. The second-order valence-electron chi connectivity index (χ2n) is 8.10. The summed E-state index contributed by atoms with van der Waals surface area (Å²) in [6.45, 7) is 3.03. The van der Waals surface area contributed by atoms with E-state index >= 15 is 0 Å². The van der Waals surface area contributed by atoms with Crippen LogP contribution in [-0.4, -0.2) is 18.4 Å². The van der Waals surface area contributed by atoms with Crippen LogP contribution in [0.5, 0.6) is 0 Å². The van der Waals surface area contributed by atoms with Gasteiger partial charge in [-0.3, -0.25) is 15.0 Å². The number of carbonyl (C=O) groups excluding carboxylic acids is 2. The number of hydrogen-bond donors (Lipinski definition) is 3. The fourth-order valence-electron chi connectivity index (χ4n) is 3.65. The van der Waals surface area contributed by atoms with Crippen molar-refractivity contribution in [3.05, 3.63) is 70.8 Å². The summed E-state index contributed by atoms with van der Waals surface area (Å²) in [4.78, 5) is 23.8. The van der Waals surface area contributed by atoms with Crippen LogP contribution in [0.2, 0.25) is 0 Å². The molecule has 2 amide bonds. The van der Waals surface area contributed by atoms with Gasteiger partial charge in [0.1, 0.15) is 0 Å². The average molecular weight is 424 g/mol. The third kappa shape index (κ3) is 9.35. The molecule has 0 saturated carbocycles. The molecule has 4 N–H and O–H groups in total. The molecule has 0 unspecified atom stereocenters. The summed E-state index contributed by atoms with van der Waals surface area (Å²) >= 11 is 0. The first-order chi connectivity index (χ1) is 15.1. The van der Waals surface area contributed by atoms with E-state index in [9.17, 15) is 9.59 Å². The molecule has 0 saturated heterocycles. The highest BCUT2D eigenvalue weighted by Gasteiger charge is 2.09. The van der Waals surface area contributed by atoms with Gasteiger partial charge in [0.15, 0.2) is 0 Å². The van der Waals surface area contributed by atoms with E-state index in [1.807, 2.05) is 24.3 Å². The van der Waals surface area contributed by atoms with Gasteiger partial charge in [-0.25, -0.2) is 5.43 Å². The molecule has 168 valence electrons. The SMILES string of the molecule is CCCCCCCCCCCNNC(=O)c1ccc(Cc2ccccc2C(N)=O)cc1. The Kier molecular flexibility index (Phi) is 11.4. The standard InChI is InChI=1S/C26H37N3O2/c1-2-3-4-5-6-7-8-9-12-19-28-29-26(31)22-17-15-21(16-18-22)20-23-13-10-11-14-24(23)25(27)30/h10-11,13-18,28H,2-9,12,19-20H2,1H3,(H2,27,30)(H,29,31). The van der Waals surface area contributed by atoms with E-state index in [-0.39, 0.29) is 5.91 Å². The highest BCUT2D eigenvalue weighted by molar-refractivity contribution is 5.94. The molecule has 0 aromatic heterocycles. The van der Waals surface area contributed by atoms with Gasteiger partial charge in [0.05, 0.1) is 0 Å². The van der Waals surface area contributed by atoms with Crippen molar-refractivity contribution in [3.63, 3.8) is 0 Å². The Morgan fingerprint density at radius 3 is 2.06 bits per heavy atom. The van der Waals surface area contributed by atoms with Crippen molar-refractivity contribution in [2.45, 2.75) is 71.1 Å². The highest BCUT2D eigenvalue weighted by Crippen LogP contribution is 2.15. The Morgan fingerprint density at radius 2 is 1.42 bits per heavy atom. The molecule has 31 heavy (non-hydrogen) atoms. The van der Waals surface area contributed by atoms with Gasteiger partial charge in [-0.05, 0) is 42.2 Å². The normalized spacial score (nSPS) is 10.7. The van der Waals surface area contributed by atoms with Crippen LogP contribution in [0, 0.1) is 0 Å². The first kappa shape index (κ1) is 24.6. The monoisotopic (exact) mass is 423 g/mol. The lowest BCUT2D eigenvalue weighted by Crippen LogP contribution is -2.37. The zero-order valence-corrected chi connectivity index (χ0v) is 18.8. The van der Waals surface area contributed by atoms with Crippen molar-refractivity contribution in [2.24, 2.45) is 5.73 Å². The lowest BCUT2D eigenvalue weighted by atomic mass is 9.98. The number of unbranched alkanes of at least 4 members (excludes halogenated alkanes) is 8. The number of carbonyl (C=O) groups is 2. The Balaban J connectivity index is 1.64. The van der Waals surface area contributed by atoms with E-state index in [0.717, 1.165) is 24.1 Å². The van der Waals surface area contributed by atoms with E-state index in [4.69, 9.17) is 5.73 Å². The topological polar surface area (TPSA) is 84.2 Å². The fourth-order valence-corrected chi connectivity index (χ4v) is 3.65. The maximum absolute atomic E-state index is 12.3. The molecular formula is C26H37N3O2. The first-order valence-corrected chi connectivity index (χ1v) is 11.6. The Bertz CT molecular complexity index is 803. The summed E-state index contributed by atoms with van der Waals surface area (Å²) in [5.74, 6) is -0.565. The number of rotatable bonds is 15. The van der Waals surface area contributed by atoms with Gasteiger partial charge in [-0.2, -0.15) is 0 Å². The van der Waals surface area contributed by atoms with E-state index in [0.29, 0.717) is 17.5 Å². The molecule has 0 spiro atoms. The van der Waals surface area contributed by atoms with Crippen LogP contribution in [0.25, 0.3) is 0 Å². The molecule has 2 rings (SSSR count). The van der Waals surface area contributed by atoms with Crippen molar-refractivity contribution in [1.82, 2.24) is 10.9 Å². The lowest BCUT2D eigenvalue weighted by Gasteiger charge is -2.09. The Labute approximate surface area is 186 Å². The minimum absolute atomic E-state index is 0.139. The van der Waals surface area contributed by atoms with Crippen molar-refractivity contribution in [2.75, 3.05) is 6.54 Å². The van der Waals surface area contributed by atoms with Crippen molar-refractivity contribution in [3.8, 4) is 0 Å². The Morgan fingerprint density at radius 1 is 0.806 bits per heavy atom. The second kappa shape index (κ2) is 14.4. The van der Waals surface area contributed by atoms with Gasteiger partial charge in [-0.15, -0.1) is 0 Å². The maximum atomic E-state index is 12.3. The fraction of sp³-hybridized carbons (Fsp3) is 0.462. The first-order valence-electron chi connectivity index (χ1n) is 11.6. The molecule has 0 radical (unpaired) electrons. The largest absolute Gasteiger partial charge is 0.366 e. The van der Waals surface area contributed by atoms with Crippen molar-refractivity contribution in [1.29, 1.82) is 0 Å². The molecular weight excluding hydrogens is 386 g/mol. The zero-order chi connectivity index (χ0) is 22.3. The van der Waals surface area contributed by atoms with Gasteiger partial charge < -0.3 is 5.73 Å². The molecule has 2 aromatic carbocycles. The van der Waals surface area contributed by atoms with E-state index in [1.54, 1.807) is 24.3 Å². The summed E-state index contributed by atoms with van der Waals surface area (Å²) in [6.07, 6.45) is 12.2. The van der Waals surface area contributed by atoms with Crippen molar-refractivity contribution >= 4 is 11.8 Å². The third-order valence-electron chi connectivity index (χ3n) is 5.50. The molecule has 5 heteroatoms. The van der Waals surface area contributed by atoms with Crippen LogP contribution in [0.1, 0.15) is 96.6 Å². The van der Waals surface area contributed by atoms with Gasteiger partial charge in [0, 0.05) is 17.7 Å². The minimum atomic E-state index is -0.426. The van der Waals surface area contributed by atoms with Gasteiger partial charge in [0.2, 0.25) is 5.91 Å². The number of nitrogens with one attached hydrogen (secondary N) is 2. The van der Waals surface area contributed by atoms with E-state index < -0.39 is 5.91 Å². The number of nitrogens with two attached hydrogens (primary N) is 1. The number of benzene rings is 2. The summed E-state index contributed by atoms with van der Waals surface area (Å²) in [7, 11) is 0. The average Bonchev–Trinajstić information content (AvgIpc) is 2.78. The quantitative estimate of drug-likeness (QED) is 0.274. The maximum Gasteiger partial charge on any atom is 0.265 e. The molecule has 5 nitrogen and oxygen atoms in total. The van der Waals surface area contributed by atoms with Crippen LogP contribution in [-0.2, 0) is 6.42 Å². The second-order valence-corrected chi connectivity index (χ2v) is 8.10.